The predicted molar refractivity (Wildman–Crippen MR) is 99.5 cm³/mol. The Morgan fingerprint density at radius 1 is 1.33 bits per heavy atom. The fourth-order valence-electron chi connectivity index (χ4n) is 2.87. The van der Waals surface area contributed by atoms with Crippen LogP contribution in [0.3, 0.4) is 0 Å². The fraction of sp³-hybridized carbons (Fsp3) is 0.562. The number of hydrogen-bond acceptors (Lipinski definition) is 7. The van der Waals surface area contributed by atoms with E-state index in [-0.39, 0.29) is 5.97 Å². The number of aromatic nitrogens is 2. The summed E-state index contributed by atoms with van der Waals surface area (Å²) in [7, 11) is 1.38. The van der Waals surface area contributed by atoms with E-state index in [0.29, 0.717) is 15.2 Å². The minimum absolute atomic E-state index is 0.356. The molecule has 2 aromatic heterocycles. The monoisotopic (exact) mass is 385 g/mol. The van der Waals surface area contributed by atoms with Gasteiger partial charge >= 0.3 is 5.97 Å². The van der Waals surface area contributed by atoms with Crippen LogP contribution in [0.1, 0.15) is 34.5 Å². The van der Waals surface area contributed by atoms with E-state index in [1.165, 1.54) is 50.8 Å². The smallest absolute Gasteiger partial charge is 0.348 e. The van der Waals surface area contributed by atoms with Crippen LogP contribution >= 0.6 is 34.7 Å². The third-order valence-corrected chi connectivity index (χ3v) is 6.45. The lowest BCUT2D eigenvalue weighted by Gasteiger charge is -2.25. The van der Waals surface area contributed by atoms with Gasteiger partial charge < -0.3 is 9.64 Å². The number of esters is 1. The largest absolute Gasteiger partial charge is 0.465 e. The molecule has 3 rings (SSSR count). The van der Waals surface area contributed by atoms with E-state index >= 15 is 0 Å². The van der Waals surface area contributed by atoms with E-state index in [9.17, 15) is 4.79 Å². The Labute approximate surface area is 154 Å². The average Bonchev–Trinajstić information content (AvgIpc) is 2.92. The minimum atomic E-state index is -0.356. The van der Waals surface area contributed by atoms with Crippen molar-refractivity contribution in [3.63, 3.8) is 0 Å². The Balaban J connectivity index is 1.73. The number of carbonyl (C=O) groups is 1. The average molecular weight is 386 g/mol. The first-order valence-corrected chi connectivity index (χ1v) is 10.2. The van der Waals surface area contributed by atoms with Crippen molar-refractivity contribution in [2.24, 2.45) is 0 Å². The lowest BCUT2D eigenvalue weighted by atomic mass is 10.1. The summed E-state index contributed by atoms with van der Waals surface area (Å²) < 4.78 is 4.82. The number of fused-ring (bicyclic) bond motifs is 1. The number of aryl methyl sites for hydroxylation is 1. The van der Waals surface area contributed by atoms with Crippen LogP contribution in [0.15, 0.2) is 5.16 Å². The van der Waals surface area contributed by atoms with E-state index in [0.717, 1.165) is 28.1 Å². The zero-order valence-corrected chi connectivity index (χ0v) is 16.2. The van der Waals surface area contributed by atoms with Crippen molar-refractivity contribution < 1.29 is 9.53 Å². The van der Waals surface area contributed by atoms with E-state index in [1.807, 2.05) is 6.92 Å². The number of carbonyl (C=O) groups excluding carboxylic acids is 1. The van der Waals surface area contributed by atoms with Crippen LogP contribution in [-0.4, -0.2) is 53.3 Å². The number of ether oxygens (including phenoxy) is 1. The maximum absolute atomic E-state index is 11.8. The maximum Gasteiger partial charge on any atom is 0.348 e. The number of hydrogen-bond donors (Lipinski definition) is 0. The van der Waals surface area contributed by atoms with Crippen LogP contribution in [0.5, 0.6) is 0 Å². The zero-order valence-electron chi connectivity index (χ0n) is 13.8. The van der Waals surface area contributed by atoms with Crippen LogP contribution in [0.4, 0.5) is 0 Å². The fourth-order valence-corrected chi connectivity index (χ4v) is 5.29. The molecule has 1 saturated heterocycles. The van der Waals surface area contributed by atoms with Gasteiger partial charge in [0.2, 0.25) is 0 Å². The second kappa shape index (κ2) is 7.99. The van der Waals surface area contributed by atoms with Gasteiger partial charge in [-0.3, -0.25) is 0 Å². The molecule has 1 aliphatic rings. The highest BCUT2D eigenvalue weighted by molar-refractivity contribution is 7.99. The summed E-state index contributed by atoms with van der Waals surface area (Å²) in [6, 6.07) is 0. The van der Waals surface area contributed by atoms with Crippen LogP contribution in [0.2, 0.25) is 5.15 Å². The van der Waals surface area contributed by atoms with E-state index in [2.05, 4.69) is 14.9 Å². The van der Waals surface area contributed by atoms with Crippen LogP contribution in [0.25, 0.3) is 10.2 Å². The summed E-state index contributed by atoms with van der Waals surface area (Å²) in [6.07, 6.45) is 3.94. The Morgan fingerprint density at radius 2 is 2.08 bits per heavy atom. The Morgan fingerprint density at radius 3 is 2.79 bits per heavy atom. The van der Waals surface area contributed by atoms with Crippen LogP contribution in [-0.2, 0) is 4.74 Å². The summed E-state index contributed by atoms with van der Waals surface area (Å²) in [4.78, 5) is 24.6. The number of thioether (sulfide) groups is 1. The van der Waals surface area contributed by atoms with Crippen molar-refractivity contribution in [1.82, 2.24) is 14.9 Å². The van der Waals surface area contributed by atoms with Gasteiger partial charge in [0.25, 0.3) is 0 Å². The van der Waals surface area contributed by atoms with Crippen molar-refractivity contribution in [3.05, 3.63) is 15.6 Å². The van der Waals surface area contributed by atoms with Crippen molar-refractivity contribution in [3.8, 4) is 0 Å². The maximum atomic E-state index is 11.8. The van der Waals surface area contributed by atoms with Gasteiger partial charge in [-0.05, 0) is 38.4 Å². The van der Waals surface area contributed by atoms with Gasteiger partial charge in [0.1, 0.15) is 14.9 Å². The Hall–Kier alpha value is -0.890. The number of likely N-dealkylation sites (tertiary alicyclic amines) is 1. The van der Waals surface area contributed by atoms with Gasteiger partial charge in [-0.2, -0.15) is 0 Å². The van der Waals surface area contributed by atoms with E-state index in [4.69, 9.17) is 16.3 Å². The predicted octanol–water partition coefficient (Wildman–Crippen LogP) is 4.02. The third-order valence-electron chi connectivity index (χ3n) is 4.18. The molecule has 0 amide bonds. The number of piperidine rings is 1. The molecule has 0 atom stereocenters. The van der Waals surface area contributed by atoms with Gasteiger partial charge in [-0.15, -0.1) is 11.3 Å². The lowest BCUT2D eigenvalue weighted by Crippen LogP contribution is -2.31. The zero-order chi connectivity index (χ0) is 17.1. The van der Waals surface area contributed by atoms with Gasteiger partial charge in [-0.25, -0.2) is 14.8 Å². The molecule has 130 valence electrons. The highest BCUT2D eigenvalue weighted by atomic mass is 35.5. The molecule has 0 saturated carbocycles. The van der Waals surface area contributed by atoms with Crippen LogP contribution < -0.4 is 0 Å². The topological polar surface area (TPSA) is 55.3 Å². The second-order valence-corrected chi connectivity index (χ2v) is 8.19. The molecule has 24 heavy (non-hydrogen) atoms. The van der Waals surface area contributed by atoms with Crippen molar-refractivity contribution in [1.29, 1.82) is 0 Å². The molecule has 5 nitrogen and oxygen atoms in total. The molecule has 2 aromatic rings. The minimum Gasteiger partial charge on any atom is -0.465 e. The van der Waals surface area contributed by atoms with Gasteiger partial charge in [-0.1, -0.05) is 29.8 Å². The second-order valence-electron chi connectivity index (χ2n) is 5.78. The van der Waals surface area contributed by atoms with Crippen LogP contribution in [0, 0.1) is 6.92 Å². The molecular formula is C16H20ClN3O2S2. The lowest BCUT2D eigenvalue weighted by molar-refractivity contribution is 0.0605. The quantitative estimate of drug-likeness (QED) is 0.335. The number of rotatable bonds is 5. The molecule has 1 fully saturated rings. The number of halogens is 1. The first kappa shape index (κ1) is 17.9. The molecule has 8 heteroatoms. The van der Waals surface area contributed by atoms with E-state index in [1.54, 1.807) is 11.8 Å². The Bertz CT molecular complexity index is 744. The standard InChI is InChI=1S/C16H20ClN3O2S2/c1-10-11-13(17)18-16(19-14(11)24-12(10)15(21)22-2)23-9-8-20-6-4-3-5-7-20/h3-9H2,1-2H3. The molecule has 0 N–H and O–H groups in total. The number of methoxy groups -OCH3 is 1. The van der Waals surface area contributed by atoms with Crippen molar-refractivity contribution in [2.45, 2.75) is 31.3 Å². The molecule has 0 radical (unpaired) electrons. The number of thiophene rings is 1. The summed E-state index contributed by atoms with van der Waals surface area (Å²) in [5, 5.41) is 1.83. The first-order valence-electron chi connectivity index (χ1n) is 8.00. The van der Waals surface area contributed by atoms with Gasteiger partial charge in [0, 0.05) is 12.3 Å². The molecule has 3 heterocycles. The molecule has 0 aromatic carbocycles. The summed E-state index contributed by atoms with van der Waals surface area (Å²) in [6.45, 7) is 5.27. The molecule has 0 unspecified atom stereocenters. The summed E-state index contributed by atoms with van der Waals surface area (Å²) in [5.74, 6) is 0.585. The molecular weight excluding hydrogens is 366 g/mol. The van der Waals surface area contributed by atoms with Crippen molar-refractivity contribution >= 4 is 50.9 Å². The Kier molecular flexibility index (Phi) is 5.97. The van der Waals surface area contributed by atoms with Crippen molar-refractivity contribution in [2.75, 3.05) is 32.5 Å². The highest BCUT2D eigenvalue weighted by Gasteiger charge is 2.20. The van der Waals surface area contributed by atoms with Gasteiger partial charge in [0.05, 0.1) is 12.5 Å². The van der Waals surface area contributed by atoms with E-state index < -0.39 is 0 Å². The molecule has 0 spiro atoms. The molecule has 1 aliphatic heterocycles. The van der Waals surface area contributed by atoms with Gasteiger partial charge in [0.15, 0.2) is 5.16 Å². The SMILES string of the molecule is COC(=O)c1sc2nc(SCCN3CCCCC3)nc(Cl)c2c1C. The highest BCUT2D eigenvalue weighted by Crippen LogP contribution is 2.35. The number of nitrogens with zero attached hydrogens (tertiary/aromatic N) is 3. The molecule has 0 aliphatic carbocycles. The summed E-state index contributed by atoms with van der Waals surface area (Å²) >= 11 is 9.26. The molecule has 0 bridgehead atoms. The first-order chi connectivity index (χ1) is 11.6. The normalized spacial score (nSPS) is 15.8. The third kappa shape index (κ3) is 3.85. The summed E-state index contributed by atoms with van der Waals surface area (Å²) in [5.41, 5.74) is 0.789.